The van der Waals surface area contributed by atoms with Gasteiger partial charge in [-0.05, 0) is 26.0 Å². The smallest absolute Gasteiger partial charge is 0.367 e. The van der Waals surface area contributed by atoms with Crippen molar-refractivity contribution in [3.63, 3.8) is 0 Å². The molecule has 15 heteroatoms. The highest BCUT2D eigenvalue weighted by atomic mass is 19.4. The van der Waals surface area contributed by atoms with Crippen LogP contribution < -0.4 is 5.32 Å². The highest BCUT2D eigenvalue weighted by Gasteiger charge is 2.48. The Morgan fingerprint density at radius 3 is 2.51 bits per heavy atom. The van der Waals surface area contributed by atoms with E-state index in [2.05, 4.69) is 25.4 Å². The average Bonchev–Trinajstić information content (AvgIpc) is 3.11. The van der Waals surface area contributed by atoms with Gasteiger partial charge in [-0.1, -0.05) is 0 Å². The number of rotatable bonds is 5. The number of pyridine rings is 1. The van der Waals surface area contributed by atoms with Gasteiger partial charge >= 0.3 is 12.3 Å². The van der Waals surface area contributed by atoms with E-state index >= 15 is 0 Å². The number of anilines is 1. The van der Waals surface area contributed by atoms with Gasteiger partial charge in [-0.25, -0.2) is 14.4 Å². The third-order valence-corrected chi connectivity index (χ3v) is 5.87. The standard InChI is InChI=1S/C22H21F6N7O2/c1-11-18(14-5-4-13(23)6-29-14)19(33-34(11)3)20(36)35-10-21(24,25)37-12(2)15(35)7-31-17-9-30-16(8-32-17)22(26,27)28/h4-6,8-9,12,15H,7,10H2,1-3H3,(H,31,32)/t12-,15+/m0/s1. The number of nitrogens with zero attached hydrogens (tertiary/aromatic N) is 6. The van der Waals surface area contributed by atoms with E-state index in [1.165, 1.54) is 17.7 Å². The lowest BCUT2D eigenvalue weighted by Crippen LogP contribution is -2.61. The Labute approximate surface area is 206 Å². The van der Waals surface area contributed by atoms with E-state index in [4.69, 9.17) is 4.74 Å². The molecule has 1 N–H and O–H groups in total. The molecular weight excluding hydrogens is 508 g/mol. The van der Waals surface area contributed by atoms with E-state index in [1.54, 1.807) is 14.0 Å². The van der Waals surface area contributed by atoms with Crippen molar-refractivity contribution >= 4 is 11.7 Å². The Balaban J connectivity index is 1.64. The molecule has 0 unspecified atom stereocenters. The van der Waals surface area contributed by atoms with E-state index in [0.29, 0.717) is 11.9 Å². The molecule has 1 aliphatic rings. The summed E-state index contributed by atoms with van der Waals surface area (Å²) in [4.78, 5) is 25.4. The number of hydrogen-bond donors (Lipinski definition) is 1. The molecule has 1 amide bonds. The summed E-state index contributed by atoms with van der Waals surface area (Å²) in [5.41, 5.74) is -0.418. The fraction of sp³-hybridized carbons (Fsp3) is 0.409. The second-order valence-corrected chi connectivity index (χ2v) is 8.42. The summed E-state index contributed by atoms with van der Waals surface area (Å²) in [7, 11) is 1.55. The zero-order valence-corrected chi connectivity index (χ0v) is 19.7. The first-order valence-corrected chi connectivity index (χ1v) is 10.9. The van der Waals surface area contributed by atoms with Gasteiger partial charge in [-0.3, -0.25) is 14.5 Å². The van der Waals surface area contributed by atoms with E-state index in [9.17, 15) is 31.1 Å². The topological polar surface area (TPSA) is 98.1 Å². The zero-order chi connectivity index (χ0) is 27.1. The molecule has 3 aromatic heterocycles. The molecule has 0 aliphatic carbocycles. The minimum atomic E-state index is -4.68. The molecule has 1 fully saturated rings. The van der Waals surface area contributed by atoms with Crippen molar-refractivity contribution in [1.82, 2.24) is 29.6 Å². The molecule has 0 radical (unpaired) electrons. The molecule has 9 nitrogen and oxygen atoms in total. The largest absolute Gasteiger partial charge is 0.434 e. The second-order valence-electron chi connectivity index (χ2n) is 8.42. The van der Waals surface area contributed by atoms with Gasteiger partial charge < -0.3 is 15.0 Å². The lowest BCUT2D eigenvalue weighted by atomic mass is 10.0. The van der Waals surface area contributed by atoms with E-state index in [1.807, 2.05) is 0 Å². The number of morpholine rings is 1. The molecule has 1 saturated heterocycles. The summed E-state index contributed by atoms with van der Waals surface area (Å²) >= 11 is 0. The van der Waals surface area contributed by atoms with Crippen LogP contribution in [0.25, 0.3) is 11.3 Å². The molecule has 4 rings (SSSR count). The number of nitrogens with one attached hydrogen (secondary N) is 1. The number of carbonyl (C=O) groups is 1. The van der Waals surface area contributed by atoms with E-state index in [-0.39, 0.29) is 29.3 Å². The molecule has 4 heterocycles. The average molecular weight is 529 g/mol. The van der Waals surface area contributed by atoms with Gasteiger partial charge in [-0.2, -0.15) is 27.1 Å². The summed E-state index contributed by atoms with van der Waals surface area (Å²) in [6.07, 6.45) is -7.20. The number of alkyl halides is 5. The number of halogens is 6. The van der Waals surface area contributed by atoms with E-state index in [0.717, 1.165) is 23.4 Å². The van der Waals surface area contributed by atoms with Crippen LogP contribution in [0.1, 0.15) is 28.8 Å². The zero-order valence-electron chi connectivity index (χ0n) is 19.7. The van der Waals surface area contributed by atoms with Crippen LogP contribution in [0, 0.1) is 12.7 Å². The van der Waals surface area contributed by atoms with Crippen LogP contribution in [-0.2, 0) is 18.0 Å². The van der Waals surface area contributed by atoms with Crippen LogP contribution in [0.2, 0.25) is 0 Å². The molecule has 0 spiro atoms. The van der Waals surface area contributed by atoms with Crippen molar-refractivity contribution in [2.75, 3.05) is 18.4 Å². The third kappa shape index (κ3) is 5.50. The van der Waals surface area contributed by atoms with Gasteiger partial charge in [-0.15, -0.1) is 0 Å². The van der Waals surface area contributed by atoms with Gasteiger partial charge in [0.05, 0.1) is 42.0 Å². The fourth-order valence-electron chi connectivity index (χ4n) is 3.95. The number of aromatic nitrogens is 5. The van der Waals surface area contributed by atoms with Crippen LogP contribution in [0.15, 0.2) is 30.7 Å². The normalized spacial score (nSPS) is 19.6. The van der Waals surface area contributed by atoms with Crippen molar-refractivity contribution < 1.29 is 35.9 Å². The van der Waals surface area contributed by atoms with Crippen molar-refractivity contribution in [3.05, 3.63) is 53.6 Å². The van der Waals surface area contributed by atoms with Crippen LogP contribution in [0.3, 0.4) is 0 Å². The Morgan fingerprint density at radius 1 is 1.19 bits per heavy atom. The molecule has 0 saturated carbocycles. The highest BCUT2D eigenvalue weighted by Crippen LogP contribution is 2.33. The molecule has 37 heavy (non-hydrogen) atoms. The number of aryl methyl sites for hydroxylation is 1. The Hall–Kier alpha value is -3.75. The first-order chi connectivity index (χ1) is 17.3. The minimum absolute atomic E-state index is 0.0604. The van der Waals surface area contributed by atoms with Gasteiger partial charge in [0.25, 0.3) is 5.91 Å². The van der Waals surface area contributed by atoms with Gasteiger partial charge in [0, 0.05) is 19.3 Å². The lowest BCUT2D eigenvalue weighted by Gasteiger charge is -2.43. The van der Waals surface area contributed by atoms with E-state index < -0.39 is 48.4 Å². The molecule has 0 aromatic carbocycles. The number of amides is 1. The predicted molar refractivity (Wildman–Crippen MR) is 117 cm³/mol. The molecule has 198 valence electrons. The quantitative estimate of drug-likeness (QED) is 0.504. The maximum Gasteiger partial charge on any atom is 0.434 e. The number of ether oxygens (including phenoxy) is 1. The monoisotopic (exact) mass is 529 g/mol. The van der Waals surface area contributed by atoms with Crippen LogP contribution in [0.5, 0.6) is 0 Å². The number of hydrogen-bond acceptors (Lipinski definition) is 7. The maximum atomic E-state index is 14.4. The summed E-state index contributed by atoms with van der Waals surface area (Å²) in [5.74, 6) is -1.52. The van der Waals surface area contributed by atoms with Crippen LogP contribution in [-0.4, -0.2) is 66.9 Å². The van der Waals surface area contributed by atoms with Crippen molar-refractivity contribution in [3.8, 4) is 11.3 Å². The fourth-order valence-corrected chi connectivity index (χ4v) is 3.95. The Morgan fingerprint density at radius 2 is 1.92 bits per heavy atom. The van der Waals surface area contributed by atoms with Crippen molar-refractivity contribution in [2.24, 2.45) is 7.05 Å². The molecule has 2 atom stereocenters. The second kappa shape index (κ2) is 9.61. The lowest BCUT2D eigenvalue weighted by molar-refractivity contribution is -0.298. The highest BCUT2D eigenvalue weighted by molar-refractivity contribution is 5.99. The Kier molecular flexibility index (Phi) is 6.83. The van der Waals surface area contributed by atoms with Crippen LogP contribution >= 0.6 is 0 Å². The molecule has 1 aliphatic heterocycles. The maximum absolute atomic E-state index is 14.4. The third-order valence-electron chi connectivity index (χ3n) is 5.87. The summed E-state index contributed by atoms with van der Waals surface area (Å²) < 4.78 is 86.6. The molecule has 3 aromatic rings. The first kappa shape index (κ1) is 26.3. The summed E-state index contributed by atoms with van der Waals surface area (Å²) in [5, 5.41) is 6.92. The van der Waals surface area contributed by atoms with Gasteiger partial charge in [0.2, 0.25) is 0 Å². The SMILES string of the molecule is Cc1c(-c2ccc(F)cn2)c(C(=O)N2CC(F)(F)O[C@@H](C)[C@H]2CNc2cnc(C(F)(F)F)cn2)nn1C. The van der Waals surface area contributed by atoms with Gasteiger partial charge in [0.15, 0.2) is 11.4 Å². The summed E-state index contributed by atoms with van der Waals surface area (Å²) in [6, 6.07) is 1.49. The van der Waals surface area contributed by atoms with Gasteiger partial charge in [0.1, 0.15) is 18.2 Å². The predicted octanol–water partition coefficient (Wildman–Crippen LogP) is 3.67. The molecular formula is C22H21F6N7O2. The van der Waals surface area contributed by atoms with Crippen LogP contribution in [0.4, 0.5) is 32.2 Å². The van der Waals surface area contributed by atoms with Crippen molar-refractivity contribution in [1.29, 1.82) is 0 Å². The minimum Gasteiger partial charge on any atom is -0.367 e. The summed E-state index contributed by atoms with van der Waals surface area (Å²) in [6.45, 7) is 1.68. The first-order valence-electron chi connectivity index (χ1n) is 10.9. The van der Waals surface area contributed by atoms with Crippen molar-refractivity contribution in [2.45, 2.75) is 38.3 Å². The number of carbonyl (C=O) groups excluding carboxylic acids is 1. The Bertz CT molecular complexity index is 1280. The molecule has 0 bridgehead atoms.